The minimum Gasteiger partial charge on any atom is -0.480 e. The Balaban J connectivity index is 2.17. The van der Waals surface area contributed by atoms with Crippen LogP contribution in [0.15, 0.2) is 18.2 Å². The third kappa shape index (κ3) is 4.81. The number of hydrogen-bond donors (Lipinski definition) is 1. The molecule has 0 radical (unpaired) electrons. The van der Waals surface area contributed by atoms with Crippen LogP contribution >= 0.6 is 11.6 Å². The van der Waals surface area contributed by atoms with Crippen molar-refractivity contribution in [3.63, 3.8) is 0 Å². The first kappa shape index (κ1) is 24.9. The van der Waals surface area contributed by atoms with Crippen LogP contribution in [0.3, 0.4) is 0 Å². The number of anilines is 1. The lowest BCUT2D eigenvalue weighted by atomic mass is 9.87. The Kier molecular flexibility index (Phi) is 6.23. The van der Waals surface area contributed by atoms with E-state index in [9.17, 15) is 19.5 Å². The zero-order chi connectivity index (χ0) is 24.9. The molecule has 2 aliphatic heterocycles. The number of carboxylic acid groups (broad SMARTS) is 1. The maximum atomic E-state index is 13.1. The molecule has 182 valence electrons. The van der Waals surface area contributed by atoms with Gasteiger partial charge in [0, 0.05) is 19.0 Å². The zero-order valence-corrected chi connectivity index (χ0v) is 20.4. The van der Waals surface area contributed by atoms with Gasteiger partial charge >= 0.3 is 18.2 Å². The third-order valence-corrected chi connectivity index (χ3v) is 5.35. The summed E-state index contributed by atoms with van der Waals surface area (Å²) in [5, 5.41) is 11.6. The minimum absolute atomic E-state index is 0.295. The third-order valence-electron chi connectivity index (χ3n) is 5.04. The molecule has 0 spiro atoms. The highest BCUT2D eigenvalue weighted by atomic mass is 35.5. The molecule has 0 unspecified atom stereocenters. The number of fused-ring (bicyclic) bond motifs is 3. The summed E-state index contributed by atoms with van der Waals surface area (Å²) in [7, 11) is 1.56. The predicted octanol–water partition coefficient (Wildman–Crippen LogP) is 4.29. The van der Waals surface area contributed by atoms with Gasteiger partial charge in [-0.2, -0.15) is 0 Å². The number of hydroxylamine groups is 1. The summed E-state index contributed by atoms with van der Waals surface area (Å²) >= 11 is 6.40. The van der Waals surface area contributed by atoms with E-state index in [0.29, 0.717) is 16.3 Å². The summed E-state index contributed by atoms with van der Waals surface area (Å²) in [5.74, 6) is -1.31. The van der Waals surface area contributed by atoms with E-state index in [2.05, 4.69) is 0 Å². The second-order valence-electron chi connectivity index (χ2n) is 9.99. The van der Waals surface area contributed by atoms with Gasteiger partial charge in [-0.1, -0.05) is 23.7 Å². The molecule has 1 aromatic rings. The molecule has 0 saturated carbocycles. The highest BCUT2D eigenvalue weighted by molar-refractivity contribution is 6.33. The second kappa shape index (κ2) is 8.25. The van der Waals surface area contributed by atoms with Crippen molar-refractivity contribution in [3.05, 3.63) is 28.8 Å². The van der Waals surface area contributed by atoms with Crippen molar-refractivity contribution in [3.8, 4) is 0 Å². The van der Waals surface area contributed by atoms with Crippen LogP contribution in [0.1, 0.15) is 53.5 Å². The number of carbonyl (C=O) groups is 3. The lowest BCUT2D eigenvalue weighted by Gasteiger charge is -2.44. The van der Waals surface area contributed by atoms with E-state index >= 15 is 0 Å². The summed E-state index contributed by atoms with van der Waals surface area (Å²) in [6.07, 6.45) is -3.61. The van der Waals surface area contributed by atoms with Crippen LogP contribution in [0, 0.1) is 0 Å². The van der Waals surface area contributed by atoms with E-state index in [1.165, 1.54) is 5.06 Å². The van der Waals surface area contributed by atoms with Gasteiger partial charge < -0.3 is 19.3 Å². The monoisotopic (exact) mass is 484 g/mol. The van der Waals surface area contributed by atoms with Crippen LogP contribution in [0.4, 0.5) is 15.3 Å². The van der Waals surface area contributed by atoms with E-state index in [1.54, 1.807) is 66.8 Å². The largest absolute Gasteiger partial charge is 0.509 e. The van der Waals surface area contributed by atoms with Crippen molar-refractivity contribution in [1.82, 2.24) is 4.90 Å². The molecule has 0 bridgehead atoms. The van der Waals surface area contributed by atoms with Gasteiger partial charge in [0.15, 0.2) is 5.60 Å². The number of carboxylic acids is 1. The topological polar surface area (TPSA) is 115 Å². The van der Waals surface area contributed by atoms with Crippen molar-refractivity contribution in [2.24, 2.45) is 0 Å². The van der Waals surface area contributed by atoms with Gasteiger partial charge in [-0.15, -0.1) is 0 Å². The van der Waals surface area contributed by atoms with Crippen LogP contribution in [-0.2, 0) is 29.4 Å². The quantitative estimate of drug-likeness (QED) is 0.613. The number of amides is 1. The first-order chi connectivity index (χ1) is 15.1. The van der Waals surface area contributed by atoms with Gasteiger partial charge in [0.05, 0.1) is 10.7 Å². The van der Waals surface area contributed by atoms with E-state index in [0.717, 1.165) is 4.90 Å². The predicted molar refractivity (Wildman–Crippen MR) is 118 cm³/mol. The van der Waals surface area contributed by atoms with Crippen molar-refractivity contribution < 1.29 is 38.5 Å². The van der Waals surface area contributed by atoms with E-state index in [1.807, 2.05) is 0 Å². The Bertz CT molecular complexity index is 970. The average Bonchev–Trinajstić information content (AvgIpc) is 2.94. The summed E-state index contributed by atoms with van der Waals surface area (Å²) in [5.41, 5.74) is -2.72. The summed E-state index contributed by atoms with van der Waals surface area (Å²) in [6.45, 7) is 9.97. The normalized spacial score (nSPS) is 24.6. The molecular weight excluding hydrogens is 456 g/mol. The smallest absolute Gasteiger partial charge is 0.480 e. The fourth-order valence-electron chi connectivity index (χ4n) is 3.94. The number of hydrogen-bond acceptors (Lipinski definition) is 8. The highest BCUT2D eigenvalue weighted by Crippen LogP contribution is 2.53. The van der Waals surface area contributed by atoms with Gasteiger partial charge in [-0.3, -0.25) is 9.96 Å². The maximum Gasteiger partial charge on any atom is 0.509 e. The van der Waals surface area contributed by atoms with Crippen molar-refractivity contribution >= 4 is 35.5 Å². The number of halogens is 1. The van der Waals surface area contributed by atoms with Gasteiger partial charge in [0.1, 0.15) is 17.2 Å². The summed E-state index contributed by atoms with van der Waals surface area (Å²) < 4.78 is 16.6. The van der Waals surface area contributed by atoms with Crippen molar-refractivity contribution in [2.75, 3.05) is 12.1 Å². The number of nitrogens with zero attached hydrogens (tertiary/aromatic N) is 2. The maximum absolute atomic E-state index is 13.1. The molecule has 11 heteroatoms. The molecule has 33 heavy (non-hydrogen) atoms. The van der Waals surface area contributed by atoms with Crippen LogP contribution in [-0.4, -0.2) is 58.7 Å². The number of para-hydroxylation sites is 1. The van der Waals surface area contributed by atoms with Crippen LogP contribution < -0.4 is 5.06 Å². The van der Waals surface area contributed by atoms with Crippen LogP contribution in [0.5, 0.6) is 0 Å². The molecule has 1 N–H and O–H groups in total. The molecule has 2 heterocycles. The Morgan fingerprint density at radius 3 is 2.27 bits per heavy atom. The minimum atomic E-state index is -1.71. The van der Waals surface area contributed by atoms with E-state index in [4.69, 9.17) is 30.6 Å². The molecule has 1 amide bonds. The summed E-state index contributed by atoms with van der Waals surface area (Å²) in [6, 6.07) is 3.50. The average molecular weight is 485 g/mol. The molecule has 3 atom stereocenters. The van der Waals surface area contributed by atoms with E-state index < -0.39 is 47.3 Å². The van der Waals surface area contributed by atoms with E-state index in [-0.39, 0.29) is 6.42 Å². The molecule has 2 aliphatic rings. The fraction of sp³-hybridized carbons (Fsp3) is 0.591. The molecular formula is C22H29ClN2O8. The standard InChI is InChI=1S/C22H29ClN2O8/c1-20(2,3)30-18(28)25-14(16(26)27)11-22(32-19(29)31-21(4,5)6)12-9-8-10-13(23)15(12)24(7)33-17(22)25/h8-10,14,17H,11H2,1-7H3,(H,26,27)/t14-,17+,22+/m0/s1. The second-order valence-corrected chi connectivity index (χ2v) is 10.4. The molecule has 0 aliphatic carbocycles. The fourth-order valence-corrected chi connectivity index (χ4v) is 4.24. The molecule has 1 aromatic carbocycles. The number of carbonyl (C=O) groups excluding carboxylic acids is 2. The number of benzene rings is 1. The molecule has 1 fully saturated rings. The Hall–Kier alpha value is -2.72. The number of likely N-dealkylation sites (tertiary alicyclic amines) is 1. The Morgan fingerprint density at radius 1 is 1.12 bits per heavy atom. The number of ether oxygens (including phenoxy) is 3. The first-order valence-electron chi connectivity index (χ1n) is 10.4. The number of rotatable bonds is 2. The van der Waals surface area contributed by atoms with Gasteiger partial charge in [-0.05, 0) is 47.6 Å². The Labute approximate surface area is 197 Å². The van der Waals surface area contributed by atoms with Crippen LogP contribution in [0.2, 0.25) is 5.02 Å². The molecule has 3 rings (SSSR count). The summed E-state index contributed by atoms with van der Waals surface area (Å²) in [4.78, 5) is 45.0. The molecule has 0 aromatic heterocycles. The number of aliphatic carboxylic acids is 1. The SMILES string of the molecule is CN1O[C@H]2N(C(=O)OC(C)(C)C)[C@H](C(=O)O)C[C@@]2(OC(=O)OC(C)(C)C)c2cccc(Cl)c21. The van der Waals surface area contributed by atoms with Crippen molar-refractivity contribution in [2.45, 2.75) is 77.0 Å². The highest BCUT2D eigenvalue weighted by Gasteiger charge is 2.65. The van der Waals surface area contributed by atoms with Gasteiger partial charge in [0.25, 0.3) is 0 Å². The van der Waals surface area contributed by atoms with Gasteiger partial charge in [-0.25, -0.2) is 19.2 Å². The molecule has 1 saturated heterocycles. The first-order valence-corrected chi connectivity index (χ1v) is 10.8. The van der Waals surface area contributed by atoms with Crippen LogP contribution in [0.25, 0.3) is 0 Å². The van der Waals surface area contributed by atoms with Gasteiger partial charge in [0.2, 0.25) is 6.23 Å². The van der Waals surface area contributed by atoms with Crippen molar-refractivity contribution in [1.29, 1.82) is 0 Å². The zero-order valence-electron chi connectivity index (χ0n) is 19.7. The lowest BCUT2D eigenvalue weighted by Crippen LogP contribution is -2.57. The Morgan fingerprint density at radius 2 is 1.73 bits per heavy atom. The molecule has 10 nitrogen and oxygen atoms in total. The lowest BCUT2D eigenvalue weighted by molar-refractivity contribution is -0.175.